The molecular weight excluding hydrogens is 304 g/mol. The largest absolute Gasteiger partial charge is 0.339 e. The topological polar surface area (TPSA) is 33.5 Å². The highest BCUT2D eigenvalue weighted by molar-refractivity contribution is 7.10. The van der Waals surface area contributed by atoms with Crippen LogP contribution in [0.1, 0.15) is 36.2 Å². The van der Waals surface area contributed by atoms with Crippen LogP contribution in [0.3, 0.4) is 0 Å². The first kappa shape index (κ1) is 16.2. The van der Waals surface area contributed by atoms with Crippen LogP contribution in [0, 0.1) is 5.92 Å². The first-order chi connectivity index (χ1) is 11.2. The van der Waals surface area contributed by atoms with Gasteiger partial charge in [-0.15, -0.1) is 11.3 Å². The monoisotopic (exact) mass is 329 g/mol. The van der Waals surface area contributed by atoms with Gasteiger partial charge in [0.15, 0.2) is 6.54 Å². The molecule has 2 heterocycles. The zero-order valence-corrected chi connectivity index (χ0v) is 14.4. The number of piperidine rings is 1. The molecule has 122 valence electrons. The predicted octanol–water partition coefficient (Wildman–Crippen LogP) is 2.27. The third-order valence-electron chi connectivity index (χ3n) is 4.66. The summed E-state index contributed by atoms with van der Waals surface area (Å²) in [5.74, 6) is 0.960. The fourth-order valence-corrected chi connectivity index (χ4v) is 4.01. The van der Waals surface area contributed by atoms with E-state index in [1.807, 2.05) is 24.3 Å². The molecule has 3 nitrogen and oxygen atoms in total. The second-order valence-corrected chi connectivity index (χ2v) is 7.52. The minimum atomic E-state index is -0.0354. The summed E-state index contributed by atoms with van der Waals surface area (Å²) in [5.41, 5.74) is 1.14. The Labute approximate surface area is 142 Å². The van der Waals surface area contributed by atoms with Gasteiger partial charge in [-0.2, -0.15) is 0 Å². The Morgan fingerprint density at radius 2 is 1.96 bits per heavy atom. The first-order valence-electron chi connectivity index (χ1n) is 8.43. The van der Waals surface area contributed by atoms with E-state index in [1.54, 1.807) is 11.3 Å². The lowest BCUT2D eigenvalue weighted by Crippen LogP contribution is -3.14. The lowest BCUT2D eigenvalue weighted by atomic mass is 9.99. The van der Waals surface area contributed by atoms with Crippen LogP contribution >= 0.6 is 11.3 Å². The molecule has 2 N–H and O–H groups in total. The van der Waals surface area contributed by atoms with Crippen molar-refractivity contribution in [3.05, 3.63) is 58.3 Å². The minimum Gasteiger partial charge on any atom is -0.339 e. The van der Waals surface area contributed by atoms with Crippen LogP contribution in [0.5, 0.6) is 0 Å². The van der Waals surface area contributed by atoms with Crippen molar-refractivity contribution in [1.29, 1.82) is 0 Å². The van der Waals surface area contributed by atoms with Gasteiger partial charge in [0.25, 0.3) is 5.91 Å². The molecule has 1 atom stereocenters. The quantitative estimate of drug-likeness (QED) is 0.867. The summed E-state index contributed by atoms with van der Waals surface area (Å²) in [6, 6.07) is 14.3. The van der Waals surface area contributed by atoms with Crippen LogP contribution in [0.25, 0.3) is 0 Å². The van der Waals surface area contributed by atoms with Crippen LogP contribution in [-0.4, -0.2) is 25.5 Å². The summed E-state index contributed by atoms with van der Waals surface area (Å²) in [7, 11) is 0. The zero-order valence-electron chi connectivity index (χ0n) is 13.6. The van der Waals surface area contributed by atoms with Gasteiger partial charge in [-0.3, -0.25) is 4.79 Å². The summed E-state index contributed by atoms with van der Waals surface area (Å²) in [6.45, 7) is 5.12. The number of nitrogens with one attached hydrogen (secondary N) is 2. The number of quaternary nitrogens is 1. The Hall–Kier alpha value is -1.65. The average Bonchev–Trinajstić information content (AvgIpc) is 3.10. The molecule has 0 aliphatic carbocycles. The Morgan fingerprint density at radius 3 is 2.61 bits per heavy atom. The number of benzene rings is 1. The van der Waals surface area contributed by atoms with Crippen LogP contribution in [0.2, 0.25) is 0 Å². The molecule has 0 saturated carbocycles. The van der Waals surface area contributed by atoms with E-state index in [9.17, 15) is 4.79 Å². The van der Waals surface area contributed by atoms with Crippen molar-refractivity contribution in [2.45, 2.75) is 25.8 Å². The fraction of sp³-hybridized carbons (Fsp3) is 0.421. The van der Waals surface area contributed by atoms with Gasteiger partial charge in [0.2, 0.25) is 0 Å². The molecule has 1 aliphatic heterocycles. The van der Waals surface area contributed by atoms with Gasteiger partial charge in [0.05, 0.1) is 19.1 Å². The maximum absolute atomic E-state index is 12.5. The van der Waals surface area contributed by atoms with E-state index in [2.05, 4.69) is 35.8 Å². The maximum atomic E-state index is 12.5. The van der Waals surface area contributed by atoms with Crippen LogP contribution in [-0.2, 0) is 4.79 Å². The summed E-state index contributed by atoms with van der Waals surface area (Å²) < 4.78 is 0. The molecule has 0 unspecified atom stereocenters. The van der Waals surface area contributed by atoms with Crippen molar-refractivity contribution in [2.24, 2.45) is 5.92 Å². The molecule has 1 aromatic heterocycles. The van der Waals surface area contributed by atoms with E-state index in [0.717, 1.165) is 24.6 Å². The van der Waals surface area contributed by atoms with Crippen LogP contribution in [0.4, 0.5) is 0 Å². The van der Waals surface area contributed by atoms with Gasteiger partial charge < -0.3 is 10.2 Å². The van der Waals surface area contributed by atoms with E-state index >= 15 is 0 Å². The number of likely N-dealkylation sites (tertiary alicyclic amines) is 1. The molecule has 1 aromatic carbocycles. The molecule has 1 saturated heterocycles. The summed E-state index contributed by atoms with van der Waals surface area (Å²) in [6.07, 6.45) is 2.46. The average molecular weight is 329 g/mol. The molecular formula is C19H25N2OS+. The van der Waals surface area contributed by atoms with Crippen molar-refractivity contribution >= 4 is 17.2 Å². The van der Waals surface area contributed by atoms with E-state index in [-0.39, 0.29) is 11.9 Å². The summed E-state index contributed by atoms with van der Waals surface area (Å²) in [5, 5.41) is 5.31. The molecule has 0 spiro atoms. The van der Waals surface area contributed by atoms with Gasteiger partial charge in [-0.25, -0.2) is 0 Å². The zero-order chi connectivity index (χ0) is 16.1. The van der Waals surface area contributed by atoms with Crippen molar-refractivity contribution in [3.63, 3.8) is 0 Å². The minimum absolute atomic E-state index is 0.0354. The summed E-state index contributed by atoms with van der Waals surface area (Å²) in [4.78, 5) is 15.1. The fourth-order valence-electron chi connectivity index (χ4n) is 3.21. The van der Waals surface area contributed by atoms with Crippen molar-refractivity contribution in [1.82, 2.24) is 5.32 Å². The summed E-state index contributed by atoms with van der Waals surface area (Å²) >= 11 is 1.69. The molecule has 4 heteroatoms. The highest BCUT2D eigenvalue weighted by Crippen LogP contribution is 2.25. The Morgan fingerprint density at radius 1 is 1.22 bits per heavy atom. The predicted molar refractivity (Wildman–Crippen MR) is 94.7 cm³/mol. The third kappa shape index (κ3) is 4.43. The molecule has 23 heavy (non-hydrogen) atoms. The lowest BCUT2D eigenvalue weighted by molar-refractivity contribution is -0.898. The van der Waals surface area contributed by atoms with Gasteiger partial charge in [0.1, 0.15) is 0 Å². The molecule has 1 amide bonds. The highest BCUT2D eigenvalue weighted by Gasteiger charge is 2.24. The number of hydrogen-bond donors (Lipinski definition) is 2. The van der Waals surface area contributed by atoms with Gasteiger partial charge in [-0.1, -0.05) is 43.3 Å². The number of hydrogen-bond acceptors (Lipinski definition) is 2. The van der Waals surface area contributed by atoms with E-state index < -0.39 is 0 Å². The molecule has 0 radical (unpaired) electrons. The molecule has 3 rings (SSSR count). The van der Waals surface area contributed by atoms with Crippen molar-refractivity contribution in [3.8, 4) is 0 Å². The molecule has 1 fully saturated rings. The SMILES string of the molecule is CC1CC[NH+](CC(=O)N[C@H](c2ccccc2)c2cccs2)CC1. The molecule has 1 aliphatic rings. The standard InChI is InChI=1S/C19H24N2OS/c1-15-9-11-21(12-10-15)14-18(22)20-19(17-8-5-13-23-17)16-6-3-2-4-7-16/h2-8,13,15,19H,9-12,14H2,1H3,(H,20,22)/p+1/t19-/m1/s1. The van der Waals surface area contributed by atoms with Crippen molar-refractivity contribution in [2.75, 3.05) is 19.6 Å². The van der Waals surface area contributed by atoms with Crippen LogP contribution < -0.4 is 10.2 Å². The van der Waals surface area contributed by atoms with E-state index in [0.29, 0.717) is 6.54 Å². The van der Waals surface area contributed by atoms with Crippen LogP contribution in [0.15, 0.2) is 47.8 Å². The van der Waals surface area contributed by atoms with Crippen molar-refractivity contribution < 1.29 is 9.69 Å². The first-order valence-corrected chi connectivity index (χ1v) is 9.31. The molecule has 2 aromatic rings. The Kier molecular flexibility index (Phi) is 5.47. The Bertz CT molecular complexity index is 604. The number of amides is 1. The maximum Gasteiger partial charge on any atom is 0.275 e. The number of thiophene rings is 1. The second kappa shape index (κ2) is 7.75. The number of carbonyl (C=O) groups excluding carboxylic acids is 1. The van der Waals surface area contributed by atoms with Gasteiger partial charge >= 0.3 is 0 Å². The Balaban J connectivity index is 1.65. The molecule has 0 bridgehead atoms. The van der Waals surface area contributed by atoms with Gasteiger partial charge in [0, 0.05) is 4.88 Å². The van der Waals surface area contributed by atoms with Gasteiger partial charge in [-0.05, 0) is 35.8 Å². The smallest absolute Gasteiger partial charge is 0.275 e. The second-order valence-electron chi connectivity index (χ2n) is 6.54. The number of rotatable bonds is 5. The third-order valence-corrected chi connectivity index (χ3v) is 5.60. The highest BCUT2D eigenvalue weighted by atomic mass is 32.1. The van der Waals surface area contributed by atoms with E-state index in [4.69, 9.17) is 0 Å². The van der Waals surface area contributed by atoms with E-state index in [1.165, 1.54) is 22.6 Å². The number of carbonyl (C=O) groups is 1. The normalized spacial score (nSPS) is 22.5. The lowest BCUT2D eigenvalue weighted by Gasteiger charge is -2.27.